The summed E-state index contributed by atoms with van der Waals surface area (Å²) in [6.45, 7) is 0. The molecule has 0 saturated heterocycles. The summed E-state index contributed by atoms with van der Waals surface area (Å²) < 4.78 is 8.66. The molecule has 2 aromatic rings. The SMILES string of the molecule is CO[C@@H]1CCCCC[C@@H]1Nc1nc2c(c(=O)[nH]c(=O)n2C)n1C. The minimum absolute atomic E-state index is 0.124. The van der Waals surface area contributed by atoms with E-state index in [1.54, 1.807) is 25.8 Å². The number of hydrogen-bond acceptors (Lipinski definition) is 5. The van der Waals surface area contributed by atoms with E-state index in [1.807, 2.05) is 0 Å². The van der Waals surface area contributed by atoms with Gasteiger partial charge in [0.05, 0.1) is 12.1 Å². The monoisotopic (exact) mass is 321 g/mol. The molecule has 1 fully saturated rings. The number of methoxy groups -OCH3 is 1. The van der Waals surface area contributed by atoms with Crippen LogP contribution in [-0.4, -0.2) is 38.4 Å². The molecule has 0 unspecified atom stereocenters. The number of imidazole rings is 1. The van der Waals surface area contributed by atoms with E-state index in [0.717, 1.165) is 25.7 Å². The number of fused-ring (bicyclic) bond motifs is 1. The number of H-pyrrole nitrogens is 1. The Labute approximate surface area is 133 Å². The molecular weight excluding hydrogens is 298 g/mol. The highest BCUT2D eigenvalue weighted by atomic mass is 16.5. The van der Waals surface area contributed by atoms with E-state index < -0.39 is 11.2 Å². The Morgan fingerprint density at radius 3 is 2.65 bits per heavy atom. The van der Waals surface area contributed by atoms with E-state index in [9.17, 15) is 9.59 Å². The Morgan fingerprint density at radius 1 is 1.17 bits per heavy atom. The molecule has 23 heavy (non-hydrogen) atoms. The summed E-state index contributed by atoms with van der Waals surface area (Å²) in [6.07, 6.45) is 5.64. The fraction of sp³-hybridized carbons (Fsp3) is 0.667. The van der Waals surface area contributed by atoms with Crippen molar-refractivity contribution in [3.63, 3.8) is 0 Å². The average Bonchev–Trinajstić information content (AvgIpc) is 2.71. The largest absolute Gasteiger partial charge is 0.379 e. The molecule has 1 saturated carbocycles. The number of aryl methyl sites for hydroxylation is 2. The molecule has 2 N–H and O–H groups in total. The van der Waals surface area contributed by atoms with Crippen molar-refractivity contribution in [3.05, 3.63) is 20.8 Å². The molecule has 2 aromatic heterocycles. The van der Waals surface area contributed by atoms with Gasteiger partial charge in [-0.25, -0.2) is 4.79 Å². The molecule has 3 rings (SSSR count). The lowest BCUT2D eigenvalue weighted by Gasteiger charge is -2.25. The van der Waals surface area contributed by atoms with Gasteiger partial charge in [0.25, 0.3) is 5.56 Å². The van der Waals surface area contributed by atoms with E-state index in [1.165, 1.54) is 11.0 Å². The maximum absolute atomic E-state index is 12.1. The second-order valence-electron chi connectivity index (χ2n) is 6.15. The lowest BCUT2D eigenvalue weighted by atomic mass is 10.1. The third kappa shape index (κ3) is 2.78. The van der Waals surface area contributed by atoms with Crippen molar-refractivity contribution >= 4 is 17.1 Å². The summed E-state index contributed by atoms with van der Waals surface area (Å²) in [5.41, 5.74) is -0.116. The van der Waals surface area contributed by atoms with E-state index in [4.69, 9.17) is 4.74 Å². The molecule has 8 nitrogen and oxygen atoms in total. The first-order valence-electron chi connectivity index (χ1n) is 7.98. The highest BCUT2D eigenvalue weighted by Crippen LogP contribution is 2.24. The molecule has 1 aliphatic rings. The highest BCUT2D eigenvalue weighted by molar-refractivity contribution is 5.73. The molecule has 2 atom stereocenters. The standard InChI is InChI=1S/C15H23N5O3/c1-19-11-12(20(2)15(22)18-13(11)21)17-14(19)16-9-7-5-4-6-8-10(9)23-3/h9-10H,4-8H2,1-3H3,(H,16,17)(H,18,21,22)/t9-,10+/m0/s1. The van der Waals surface area contributed by atoms with Crippen molar-refractivity contribution in [3.8, 4) is 0 Å². The predicted molar refractivity (Wildman–Crippen MR) is 87.9 cm³/mol. The van der Waals surface area contributed by atoms with Gasteiger partial charge >= 0.3 is 5.69 Å². The maximum Gasteiger partial charge on any atom is 0.329 e. The maximum atomic E-state index is 12.1. The average molecular weight is 321 g/mol. The van der Waals surface area contributed by atoms with Crippen molar-refractivity contribution < 1.29 is 4.74 Å². The zero-order chi connectivity index (χ0) is 16.6. The van der Waals surface area contributed by atoms with Crippen molar-refractivity contribution in [1.29, 1.82) is 0 Å². The van der Waals surface area contributed by atoms with Gasteiger partial charge in [-0.05, 0) is 12.8 Å². The summed E-state index contributed by atoms with van der Waals surface area (Å²) in [6, 6.07) is 0.147. The van der Waals surface area contributed by atoms with Gasteiger partial charge in [0.1, 0.15) is 0 Å². The van der Waals surface area contributed by atoms with Gasteiger partial charge < -0.3 is 14.6 Å². The van der Waals surface area contributed by atoms with Crippen LogP contribution >= 0.6 is 0 Å². The fourth-order valence-electron chi connectivity index (χ4n) is 3.32. The van der Waals surface area contributed by atoms with Gasteiger partial charge in [-0.3, -0.25) is 14.3 Å². The molecule has 0 amide bonds. The number of nitrogens with one attached hydrogen (secondary N) is 2. The molecule has 8 heteroatoms. The summed E-state index contributed by atoms with van der Waals surface area (Å²) in [5, 5.41) is 3.41. The zero-order valence-corrected chi connectivity index (χ0v) is 13.8. The van der Waals surface area contributed by atoms with Crippen molar-refractivity contribution in [1.82, 2.24) is 19.1 Å². The van der Waals surface area contributed by atoms with Crippen LogP contribution in [0.2, 0.25) is 0 Å². The Morgan fingerprint density at radius 2 is 1.91 bits per heavy atom. The van der Waals surface area contributed by atoms with Crippen LogP contribution in [0.15, 0.2) is 9.59 Å². The van der Waals surface area contributed by atoms with E-state index in [0.29, 0.717) is 17.1 Å². The number of aromatic nitrogens is 4. The van der Waals surface area contributed by atoms with Gasteiger partial charge in [0, 0.05) is 21.2 Å². The highest BCUT2D eigenvalue weighted by Gasteiger charge is 2.25. The number of hydrogen-bond donors (Lipinski definition) is 2. The molecule has 0 aromatic carbocycles. The summed E-state index contributed by atoms with van der Waals surface area (Å²) in [5.74, 6) is 0.584. The molecule has 0 radical (unpaired) electrons. The van der Waals surface area contributed by atoms with Crippen LogP contribution in [-0.2, 0) is 18.8 Å². The minimum atomic E-state index is -0.462. The Hall–Kier alpha value is -2.09. The van der Waals surface area contributed by atoms with E-state index in [-0.39, 0.29) is 12.1 Å². The van der Waals surface area contributed by atoms with Crippen LogP contribution in [0.25, 0.3) is 11.2 Å². The third-order valence-electron chi connectivity index (χ3n) is 4.70. The van der Waals surface area contributed by atoms with Gasteiger partial charge in [0.2, 0.25) is 5.95 Å². The van der Waals surface area contributed by atoms with E-state index >= 15 is 0 Å². The van der Waals surface area contributed by atoms with Gasteiger partial charge in [-0.1, -0.05) is 19.3 Å². The molecule has 0 aliphatic heterocycles. The van der Waals surface area contributed by atoms with Crippen molar-refractivity contribution in [2.45, 2.75) is 44.2 Å². The number of anilines is 1. The van der Waals surface area contributed by atoms with Crippen LogP contribution in [0.5, 0.6) is 0 Å². The molecule has 2 heterocycles. The van der Waals surface area contributed by atoms with Crippen LogP contribution in [0, 0.1) is 0 Å². The Bertz CT molecular complexity index is 819. The van der Waals surface area contributed by atoms with Crippen LogP contribution in [0.4, 0.5) is 5.95 Å². The van der Waals surface area contributed by atoms with Crippen LogP contribution in [0.1, 0.15) is 32.1 Å². The first kappa shape index (κ1) is 15.8. The molecule has 1 aliphatic carbocycles. The molecule has 126 valence electrons. The summed E-state index contributed by atoms with van der Waals surface area (Å²) >= 11 is 0. The molecule has 0 bridgehead atoms. The summed E-state index contributed by atoms with van der Waals surface area (Å²) in [4.78, 5) is 30.6. The molecular formula is C15H23N5O3. The number of nitrogens with zero attached hydrogens (tertiary/aromatic N) is 3. The van der Waals surface area contributed by atoms with E-state index in [2.05, 4.69) is 15.3 Å². The zero-order valence-electron chi connectivity index (χ0n) is 13.8. The normalized spacial score (nSPS) is 22.2. The summed E-state index contributed by atoms with van der Waals surface area (Å²) in [7, 11) is 5.10. The van der Waals surface area contributed by atoms with Gasteiger partial charge in [0.15, 0.2) is 11.2 Å². The second kappa shape index (κ2) is 6.19. The lowest BCUT2D eigenvalue weighted by Crippen LogP contribution is -2.35. The first-order chi connectivity index (χ1) is 11.0. The molecule has 0 spiro atoms. The van der Waals surface area contributed by atoms with Crippen molar-refractivity contribution in [2.24, 2.45) is 14.1 Å². The Kier molecular flexibility index (Phi) is 4.25. The third-order valence-corrected chi connectivity index (χ3v) is 4.70. The Balaban J connectivity index is 2.01. The first-order valence-corrected chi connectivity index (χ1v) is 7.98. The predicted octanol–water partition coefficient (Wildman–Crippen LogP) is 0.720. The quantitative estimate of drug-likeness (QED) is 0.813. The number of ether oxygens (including phenoxy) is 1. The minimum Gasteiger partial charge on any atom is -0.379 e. The fourth-order valence-corrected chi connectivity index (χ4v) is 3.32. The van der Waals surface area contributed by atoms with Crippen LogP contribution in [0.3, 0.4) is 0 Å². The van der Waals surface area contributed by atoms with Crippen LogP contribution < -0.4 is 16.6 Å². The number of aromatic amines is 1. The topological polar surface area (TPSA) is 93.9 Å². The number of rotatable bonds is 3. The van der Waals surface area contributed by atoms with Gasteiger partial charge in [-0.2, -0.15) is 4.98 Å². The second-order valence-corrected chi connectivity index (χ2v) is 6.15. The smallest absolute Gasteiger partial charge is 0.329 e. The van der Waals surface area contributed by atoms with Gasteiger partial charge in [-0.15, -0.1) is 0 Å². The lowest BCUT2D eigenvalue weighted by molar-refractivity contribution is 0.0804. The van der Waals surface area contributed by atoms with Crippen molar-refractivity contribution in [2.75, 3.05) is 12.4 Å².